The van der Waals surface area contributed by atoms with Crippen LogP contribution in [0.5, 0.6) is 0 Å². The Morgan fingerprint density at radius 2 is 1.57 bits per heavy atom. The summed E-state index contributed by atoms with van der Waals surface area (Å²) in [5, 5.41) is 9.05. The summed E-state index contributed by atoms with van der Waals surface area (Å²) in [5.74, 6) is -1.71. The minimum absolute atomic E-state index is 0.0136. The van der Waals surface area contributed by atoms with Crippen molar-refractivity contribution in [2.24, 2.45) is 17.3 Å². The Labute approximate surface area is 166 Å². The van der Waals surface area contributed by atoms with Crippen molar-refractivity contribution >= 4 is 23.7 Å². The molecular weight excluding hydrogens is 362 g/mol. The summed E-state index contributed by atoms with van der Waals surface area (Å²) in [6.07, 6.45) is 2.40. The normalized spacial score (nSPS) is 21.4. The van der Waals surface area contributed by atoms with E-state index in [1.54, 1.807) is 16.8 Å². The van der Waals surface area contributed by atoms with Gasteiger partial charge in [0.25, 0.3) is 0 Å². The summed E-state index contributed by atoms with van der Waals surface area (Å²) in [6, 6.07) is 0. The van der Waals surface area contributed by atoms with Gasteiger partial charge in [0.1, 0.15) is 0 Å². The van der Waals surface area contributed by atoms with E-state index in [1.165, 1.54) is 4.90 Å². The molecule has 28 heavy (non-hydrogen) atoms. The van der Waals surface area contributed by atoms with Crippen molar-refractivity contribution in [2.75, 3.05) is 39.8 Å². The van der Waals surface area contributed by atoms with E-state index in [9.17, 15) is 19.2 Å². The first-order chi connectivity index (χ1) is 13.0. The van der Waals surface area contributed by atoms with E-state index in [0.29, 0.717) is 39.0 Å². The number of rotatable bonds is 4. The Balaban J connectivity index is 1.87. The zero-order valence-electron chi connectivity index (χ0n) is 17.4. The zero-order valence-corrected chi connectivity index (χ0v) is 17.4. The lowest BCUT2D eigenvalue weighted by atomic mass is 9.90. The summed E-state index contributed by atoms with van der Waals surface area (Å²) in [5.41, 5.74) is -0.477. The van der Waals surface area contributed by atoms with Crippen LogP contribution in [-0.2, 0) is 19.2 Å². The molecule has 3 amide bonds. The van der Waals surface area contributed by atoms with Gasteiger partial charge in [0, 0.05) is 38.6 Å². The van der Waals surface area contributed by atoms with Gasteiger partial charge in [0.2, 0.25) is 17.7 Å². The van der Waals surface area contributed by atoms with Crippen LogP contribution in [-0.4, -0.2) is 83.3 Å². The van der Waals surface area contributed by atoms with E-state index < -0.39 is 17.3 Å². The second-order valence-electron chi connectivity index (χ2n) is 9.03. The highest BCUT2D eigenvalue weighted by Crippen LogP contribution is 2.24. The summed E-state index contributed by atoms with van der Waals surface area (Å²) < 4.78 is 0. The highest BCUT2D eigenvalue weighted by molar-refractivity contribution is 5.87. The third kappa shape index (κ3) is 5.45. The van der Waals surface area contributed by atoms with Gasteiger partial charge in [0.15, 0.2) is 0 Å². The van der Waals surface area contributed by atoms with E-state index in [-0.39, 0.29) is 30.2 Å². The molecule has 158 valence electrons. The predicted octanol–water partition coefficient (Wildman–Crippen LogP) is 1.05. The smallest absolute Gasteiger partial charge is 0.306 e. The summed E-state index contributed by atoms with van der Waals surface area (Å²) in [4.78, 5) is 53.7. The van der Waals surface area contributed by atoms with Crippen LogP contribution in [0.15, 0.2) is 0 Å². The van der Waals surface area contributed by atoms with Gasteiger partial charge in [-0.25, -0.2) is 0 Å². The predicted molar refractivity (Wildman–Crippen MR) is 103 cm³/mol. The van der Waals surface area contributed by atoms with Gasteiger partial charge < -0.3 is 19.8 Å². The zero-order chi connectivity index (χ0) is 21.1. The fraction of sp³-hybridized carbons (Fsp3) is 0.800. The van der Waals surface area contributed by atoms with Crippen molar-refractivity contribution in [3.05, 3.63) is 0 Å². The second-order valence-corrected chi connectivity index (χ2v) is 9.03. The fourth-order valence-electron chi connectivity index (χ4n) is 3.91. The third-order valence-corrected chi connectivity index (χ3v) is 5.64. The number of carboxylic acids is 1. The van der Waals surface area contributed by atoms with Crippen LogP contribution in [0.2, 0.25) is 0 Å². The molecule has 0 saturated carbocycles. The molecule has 0 bridgehead atoms. The minimum Gasteiger partial charge on any atom is -0.481 e. The van der Waals surface area contributed by atoms with Crippen LogP contribution in [0.25, 0.3) is 0 Å². The average Bonchev–Trinajstić information content (AvgIpc) is 2.66. The minimum atomic E-state index is -0.814. The van der Waals surface area contributed by atoms with Crippen LogP contribution >= 0.6 is 0 Å². The van der Waals surface area contributed by atoms with E-state index >= 15 is 0 Å². The Morgan fingerprint density at radius 1 is 0.964 bits per heavy atom. The topological polar surface area (TPSA) is 98.2 Å². The summed E-state index contributed by atoms with van der Waals surface area (Å²) in [6.45, 7) is 7.50. The van der Waals surface area contributed by atoms with E-state index in [4.69, 9.17) is 5.11 Å². The molecule has 1 N–H and O–H groups in total. The van der Waals surface area contributed by atoms with Gasteiger partial charge >= 0.3 is 5.97 Å². The number of nitrogens with zero attached hydrogens (tertiary/aromatic N) is 3. The van der Waals surface area contributed by atoms with Crippen LogP contribution in [0.3, 0.4) is 0 Å². The first kappa shape index (κ1) is 22.2. The van der Waals surface area contributed by atoms with Gasteiger partial charge in [-0.3, -0.25) is 19.2 Å². The largest absolute Gasteiger partial charge is 0.481 e. The third-order valence-electron chi connectivity index (χ3n) is 5.64. The number of carboxylic acid groups (broad SMARTS) is 1. The lowest BCUT2D eigenvalue weighted by Crippen LogP contribution is -2.50. The van der Waals surface area contributed by atoms with Crippen molar-refractivity contribution in [1.82, 2.24) is 14.7 Å². The van der Waals surface area contributed by atoms with Gasteiger partial charge in [-0.1, -0.05) is 20.8 Å². The van der Waals surface area contributed by atoms with Crippen molar-refractivity contribution in [3.63, 3.8) is 0 Å². The number of likely N-dealkylation sites (N-methyl/N-ethyl adjacent to an activating group) is 1. The number of amides is 3. The Kier molecular flexibility index (Phi) is 7.06. The van der Waals surface area contributed by atoms with E-state index in [1.807, 2.05) is 20.8 Å². The number of carbonyl (C=O) groups is 4. The van der Waals surface area contributed by atoms with Crippen LogP contribution < -0.4 is 0 Å². The molecule has 1 atom stereocenters. The molecular formula is C20H33N3O5. The van der Waals surface area contributed by atoms with Gasteiger partial charge in [-0.15, -0.1) is 0 Å². The molecule has 2 heterocycles. The van der Waals surface area contributed by atoms with Crippen LogP contribution in [0.1, 0.15) is 46.5 Å². The van der Waals surface area contributed by atoms with Crippen LogP contribution in [0.4, 0.5) is 0 Å². The molecule has 2 rings (SSSR count). The average molecular weight is 396 g/mol. The maximum absolute atomic E-state index is 12.8. The molecule has 8 nitrogen and oxygen atoms in total. The molecule has 0 spiro atoms. The lowest BCUT2D eigenvalue weighted by Gasteiger charge is -2.37. The van der Waals surface area contributed by atoms with Gasteiger partial charge in [-0.05, 0) is 25.7 Å². The number of piperidine rings is 2. The maximum Gasteiger partial charge on any atom is 0.306 e. The lowest BCUT2D eigenvalue weighted by molar-refractivity contribution is -0.148. The van der Waals surface area contributed by atoms with Crippen molar-refractivity contribution in [3.8, 4) is 0 Å². The standard InChI is InChI=1S/C20H33N3O5/c1-20(2,3)19(28)23-9-5-6-15(12-23)17(25)21(4)13-16(24)22-10-7-14(8-11-22)18(26)27/h14-15H,5-13H2,1-4H3,(H,26,27). The molecule has 2 fully saturated rings. The monoisotopic (exact) mass is 395 g/mol. The molecule has 0 radical (unpaired) electrons. The molecule has 2 aliphatic heterocycles. The van der Waals surface area contributed by atoms with Crippen molar-refractivity contribution in [2.45, 2.75) is 46.5 Å². The first-order valence-corrected chi connectivity index (χ1v) is 10.1. The fourth-order valence-corrected chi connectivity index (χ4v) is 3.91. The van der Waals surface area contributed by atoms with E-state index in [0.717, 1.165) is 12.8 Å². The maximum atomic E-state index is 12.8. The van der Waals surface area contributed by atoms with Gasteiger partial charge in [0.05, 0.1) is 18.4 Å². The second kappa shape index (κ2) is 8.92. The van der Waals surface area contributed by atoms with Crippen molar-refractivity contribution in [1.29, 1.82) is 0 Å². The molecule has 1 unspecified atom stereocenters. The molecule has 0 aliphatic carbocycles. The number of aliphatic carboxylic acids is 1. The molecule has 0 aromatic carbocycles. The summed E-state index contributed by atoms with van der Waals surface area (Å²) >= 11 is 0. The Bertz CT molecular complexity index is 620. The van der Waals surface area contributed by atoms with Gasteiger partial charge in [-0.2, -0.15) is 0 Å². The SMILES string of the molecule is CN(CC(=O)N1CCC(C(=O)O)CC1)C(=O)C1CCCN(C(=O)C(C)(C)C)C1. The molecule has 2 saturated heterocycles. The molecule has 8 heteroatoms. The number of hydrogen-bond acceptors (Lipinski definition) is 4. The van der Waals surface area contributed by atoms with Crippen LogP contribution in [0, 0.1) is 17.3 Å². The molecule has 0 aromatic heterocycles. The quantitative estimate of drug-likeness (QED) is 0.767. The molecule has 0 aromatic rings. The number of hydrogen-bond donors (Lipinski definition) is 1. The first-order valence-electron chi connectivity index (χ1n) is 10.1. The number of likely N-dealkylation sites (tertiary alicyclic amines) is 2. The van der Waals surface area contributed by atoms with Crippen molar-refractivity contribution < 1.29 is 24.3 Å². The number of carbonyl (C=O) groups excluding carboxylic acids is 3. The summed E-state index contributed by atoms with van der Waals surface area (Å²) in [7, 11) is 1.62. The molecule has 2 aliphatic rings. The Morgan fingerprint density at radius 3 is 2.11 bits per heavy atom. The Hall–Kier alpha value is -2.12. The highest BCUT2D eigenvalue weighted by Gasteiger charge is 2.35. The highest BCUT2D eigenvalue weighted by atomic mass is 16.4. The van der Waals surface area contributed by atoms with E-state index in [2.05, 4.69) is 0 Å².